The first-order valence-electron chi connectivity index (χ1n) is 8.59. The van der Waals surface area contributed by atoms with E-state index in [1.54, 1.807) is 0 Å². The first-order chi connectivity index (χ1) is 14.5. The zero-order chi connectivity index (χ0) is 22.8. The van der Waals surface area contributed by atoms with Crippen molar-refractivity contribution in [2.24, 2.45) is 10.1 Å². The van der Waals surface area contributed by atoms with Crippen LogP contribution in [0.4, 0.5) is 0 Å². The quantitative estimate of drug-likeness (QED) is 0.521. The maximum absolute atomic E-state index is 12.5. The molecule has 0 spiro atoms. The summed E-state index contributed by atoms with van der Waals surface area (Å²) in [6.45, 7) is 0.0477. The Labute approximate surface area is 182 Å². The van der Waals surface area contributed by atoms with Crippen molar-refractivity contribution in [3.05, 3.63) is 47.3 Å². The van der Waals surface area contributed by atoms with Crippen LogP contribution in [-0.4, -0.2) is 40.2 Å². The minimum Gasteiger partial charge on any atom is -0.497 e. The van der Waals surface area contributed by atoms with E-state index in [0.29, 0.717) is 16.0 Å². The molecule has 0 atom stereocenters. The van der Waals surface area contributed by atoms with Crippen LogP contribution in [0.25, 0.3) is 10.2 Å². The van der Waals surface area contributed by atoms with Crippen LogP contribution >= 0.6 is 11.3 Å². The summed E-state index contributed by atoms with van der Waals surface area (Å²) in [6, 6.07) is 9.80. The number of methoxy groups -OCH3 is 1. The van der Waals surface area contributed by atoms with E-state index in [0.717, 1.165) is 11.3 Å². The summed E-state index contributed by atoms with van der Waals surface area (Å²) in [7, 11) is -6.39. The Bertz CT molecular complexity index is 1480. The number of hydrogen-bond acceptors (Lipinski definition) is 7. The number of terminal acetylenes is 1. The highest BCUT2D eigenvalue weighted by molar-refractivity contribution is 7.92. The molecule has 1 amide bonds. The Balaban J connectivity index is 2.01. The molecule has 31 heavy (non-hydrogen) atoms. The lowest BCUT2D eigenvalue weighted by Gasteiger charge is -2.04. The van der Waals surface area contributed by atoms with Crippen LogP contribution in [0.15, 0.2) is 57.2 Å². The molecule has 0 aliphatic heterocycles. The summed E-state index contributed by atoms with van der Waals surface area (Å²) in [5, 5.41) is 5.16. The third-order valence-electron chi connectivity index (χ3n) is 4.18. The molecule has 2 aromatic carbocycles. The van der Waals surface area contributed by atoms with Crippen molar-refractivity contribution in [1.29, 1.82) is 0 Å². The molecule has 9 nitrogen and oxygen atoms in total. The van der Waals surface area contributed by atoms with Crippen LogP contribution in [0, 0.1) is 12.3 Å². The summed E-state index contributed by atoms with van der Waals surface area (Å²) in [6.07, 6.45) is 5.40. The zero-order valence-corrected chi connectivity index (χ0v) is 18.6. The average molecular weight is 480 g/mol. The molecule has 1 heterocycles. The maximum Gasteiger partial charge on any atom is 0.263 e. The Morgan fingerprint density at radius 2 is 1.81 bits per heavy atom. The van der Waals surface area contributed by atoms with Crippen LogP contribution in [0.1, 0.15) is 0 Å². The number of fused-ring (bicyclic) bond motifs is 1. The van der Waals surface area contributed by atoms with Crippen LogP contribution in [-0.2, 0) is 31.2 Å². The lowest BCUT2D eigenvalue weighted by Crippen LogP contribution is -2.20. The van der Waals surface area contributed by atoms with Gasteiger partial charge in [0.15, 0.2) is 14.6 Å². The van der Waals surface area contributed by atoms with Gasteiger partial charge < -0.3 is 9.30 Å². The van der Waals surface area contributed by atoms with Gasteiger partial charge in [-0.05, 0) is 42.5 Å². The number of carbonyl (C=O) groups excluding carboxylic acids is 1. The van der Waals surface area contributed by atoms with Gasteiger partial charge in [0.05, 0.1) is 33.7 Å². The fourth-order valence-electron chi connectivity index (χ4n) is 2.73. The zero-order valence-electron chi connectivity index (χ0n) is 16.2. The van der Waals surface area contributed by atoms with Gasteiger partial charge in [-0.15, -0.1) is 6.42 Å². The van der Waals surface area contributed by atoms with Gasteiger partial charge in [-0.1, -0.05) is 17.3 Å². The normalized spacial score (nSPS) is 12.6. The number of rotatable bonds is 6. The molecule has 1 aromatic heterocycles. The van der Waals surface area contributed by atoms with Crippen molar-refractivity contribution in [1.82, 2.24) is 4.57 Å². The number of ether oxygens (including phenoxy) is 1. The molecular formula is C19H17N3O6S3. The van der Waals surface area contributed by atoms with Gasteiger partial charge in [0.1, 0.15) is 11.5 Å². The van der Waals surface area contributed by atoms with E-state index in [-0.39, 0.29) is 21.1 Å². The number of primary sulfonamides is 1. The molecule has 0 aliphatic rings. The highest BCUT2D eigenvalue weighted by atomic mass is 32.2. The number of nitrogens with zero attached hydrogens (tertiary/aromatic N) is 2. The first kappa shape index (κ1) is 22.7. The molecule has 2 N–H and O–H groups in total. The van der Waals surface area contributed by atoms with E-state index in [1.165, 1.54) is 54.1 Å². The number of amides is 1. The molecule has 3 rings (SSSR count). The molecular weight excluding hydrogens is 462 g/mol. The van der Waals surface area contributed by atoms with Gasteiger partial charge in [0, 0.05) is 0 Å². The Kier molecular flexibility index (Phi) is 6.33. The smallest absolute Gasteiger partial charge is 0.263 e. The summed E-state index contributed by atoms with van der Waals surface area (Å²) in [5.74, 6) is 1.18. The number of nitrogens with two attached hydrogens (primary N) is 1. The molecule has 12 heteroatoms. The molecule has 162 valence electrons. The molecule has 0 unspecified atom stereocenters. The number of thiazole rings is 1. The van der Waals surface area contributed by atoms with E-state index in [9.17, 15) is 21.6 Å². The molecule has 0 bridgehead atoms. The van der Waals surface area contributed by atoms with Crippen LogP contribution in [0.5, 0.6) is 5.75 Å². The molecule has 0 aliphatic carbocycles. The highest BCUT2D eigenvalue weighted by Crippen LogP contribution is 2.21. The molecule has 3 aromatic rings. The van der Waals surface area contributed by atoms with Crippen LogP contribution in [0.3, 0.4) is 0 Å². The topological polar surface area (TPSA) is 138 Å². The van der Waals surface area contributed by atoms with Gasteiger partial charge in [0.25, 0.3) is 5.91 Å². The van der Waals surface area contributed by atoms with E-state index < -0.39 is 31.5 Å². The highest BCUT2D eigenvalue weighted by Gasteiger charge is 2.20. The van der Waals surface area contributed by atoms with Crippen molar-refractivity contribution < 1.29 is 26.4 Å². The predicted octanol–water partition coefficient (Wildman–Crippen LogP) is 0.893. The lowest BCUT2D eigenvalue weighted by molar-refractivity contribution is -0.115. The van der Waals surface area contributed by atoms with Gasteiger partial charge in [-0.2, -0.15) is 4.99 Å². The summed E-state index contributed by atoms with van der Waals surface area (Å²) >= 11 is 0.998. The second-order valence-electron chi connectivity index (χ2n) is 6.29. The van der Waals surface area contributed by atoms with E-state index in [1.807, 2.05) is 0 Å². The predicted molar refractivity (Wildman–Crippen MR) is 116 cm³/mol. The second kappa shape index (κ2) is 8.64. The minimum absolute atomic E-state index is 0.0394. The van der Waals surface area contributed by atoms with Crippen molar-refractivity contribution in [2.45, 2.75) is 16.3 Å². The lowest BCUT2D eigenvalue weighted by atomic mass is 10.3. The van der Waals surface area contributed by atoms with Crippen LogP contribution < -0.4 is 14.7 Å². The summed E-state index contributed by atoms with van der Waals surface area (Å²) < 4.78 is 55.2. The van der Waals surface area contributed by atoms with Gasteiger partial charge >= 0.3 is 0 Å². The van der Waals surface area contributed by atoms with Crippen molar-refractivity contribution in [3.63, 3.8) is 0 Å². The Morgan fingerprint density at radius 3 is 2.39 bits per heavy atom. The minimum atomic E-state index is -3.93. The molecule has 0 fully saturated rings. The molecule has 0 saturated heterocycles. The number of sulfonamides is 1. The van der Waals surface area contributed by atoms with E-state index in [2.05, 4.69) is 10.9 Å². The largest absolute Gasteiger partial charge is 0.497 e. The fourth-order valence-corrected chi connectivity index (χ4v) is 5.54. The monoisotopic (exact) mass is 479 g/mol. The third kappa shape index (κ3) is 5.02. The maximum atomic E-state index is 12.5. The number of aromatic nitrogens is 1. The fraction of sp³-hybridized carbons (Fsp3) is 0.158. The standard InChI is InChI=1S/C19H17N3O6S3/c1-3-10-22-16-9-8-15(31(20,26)27)11-17(16)29-19(22)21-18(23)12-30(24,25)14-6-4-13(28-2)5-7-14/h1,4-9,11H,10,12H2,2H3,(H2,20,26,27). The van der Waals surface area contributed by atoms with Crippen LogP contribution in [0.2, 0.25) is 0 Å². The number of benzene rings is 2. The molecule has 0 saturated carbocycles. The number of sulfone groups is 1. The first-order valence-corrected chi connectivity index (χ1v) is 12.6. The Morgan fingerprint density at radius 1 is 1.16 bits per heavy atom. The van der Waals surface area contributed by atoms with E-state index in [4.69, 9.17) is 16.3 Å². The SMILES string of the molecule is C#CCn1c(=NC(=O)CS(=O)(=O)c2ccc(OC)cc2)sc2cc(S(N)(=O)=O)ccc21. The van der Waals surface area contributed by atoms with E-state index >= 15 is 0 Å². The number of hydrogen-bond donors (Lipinski definition) is 1. The second-order valence-corrected chi connectivity index (χ2v) is 10.8. The average Bonchev–Trinajstić information content (AvgIpc) is 3.03. The number of carbonyl (C=O) groups is 1. The van der Waals surface area contributed by atoms with Crippen molar-refractivity contribution in [2.75, 3.05) is 12.9 Å². The summed E-state index contributed by atoms with van der Waals surface area (Å²) in [5.41, 5.74) is 0.542. The van der Waals surface area contributed by atoms with Crippen molar-refractivity contribution in [3.8, 4) is 18.1 Å². The van der Waals surface area contributed by atoms with Crippen molar-refractivity contribution >= 4 is 47.3 Å². The van der Waals surface area contributed by atoms with Gasteiger partial charge in [0.2, 0.25) is 10.0 Å². The molecule has 0 radical (unpaired) electrons. The Hall–Kier alpha value is -2.98. The third-order valence-corrected chi connectivity index (χ3v) is 7.75. The van der Waals surface area contributed by atoms with Gasteiger partial charge in [-0.25, -0.2) is 22.0 Å². The van der Waals surface area contributed by atoms with Gasteiger partial charge in [-0.3, -0.25) is 4.79 Å². The summed E-state index contributed by atoms with van der Waals surface area (Å²) in [4.78, 5) is 16.4.